The van der Waals surface area contributed by atoms with E-state index >= 15 is 0 Å². The van der Waals surface area contributed by atoms with E-state index in [9.17, 15) is 19.3 Å². The van der Waals surface area contributed by atoms with E-state index < -0.39 is 16.6 Å². The summed E-state index contributed by atoms with van der Waals surface area (Å²) in [6.45, 7) is 0.0390. The maximum Gasteiger partial charge on any atom is 0.311 e. The Kier molecular flexibility index (Phi) is 6.75. The molecule has 0 fully saturated rings. The molecule has 0 saturated heterocycles. The lowest BCUT2D eigenvalue weighted by molar-refractivity contribution is -0.386. The fourth-order valence-electron chi connectivity index (χ4n) is 2.99. The first kappa shape index (κ1) is 23.2. The van der Waals surface area contributed by atoms with Gasteiger partial charge in [0.2, 0.25) is 5.75 Å². The molecule has 0 spiro atoms. The number of benzene rings is 2. The number of halogens is 3. The Labute approximate surface area is 201 Å². The number of nitro benzene ring substituents is 1. The number of aromatic nitrogens is 4. The number of nitro groups is 1. The summed E-state index contributed by atoms with van der Waals surface area (Å²) < 4.78 is 21.5. The molecule has 2 aromatic heterocycles. The monoisotopic (exact) mass is 504 g/mol. The molecule has 34 heavy (non-hydrogen) atoms. The molecule has 10 nitrogen and oxygen atoms in total. The lowest BCUT2D eigenvalue weighted by Crippen LogP contribution is -2.15. The second kappa shape index (κ2) is 9.89. The van der Waals surface area contributed by atoms with Crippen LogP contribution >= 0.6 is 23.2 Å². The van der Waals surface area contributed by atoms with Gasteiger partial charge in [-0.15, -0.1) is 0 Å². The lowest BCUT2D eigenvalue weighted by atomic mass is 10.2. The minimum absolute atomic E-state index is 0.0565. The van der Waals surface area contributed by atoms with Gasteiger partial charge in [-0.25, -0.2) is 9.07 Å². The van der Waals surface area contributed by atoms with E-state index in [1.807, 2.05) is 0 Å². The quantitative estimate of drug-likeness (QED) is 0.272. The van der Waals surface area contributed by atoms with E-state index in [-0.39, 0.29) is 29.7 Å². The summed E-state index contributed by atoms with van der Waals surface area (Å²) in [6.07, 6.45) is 3.10. The van der Waals surface area contributed by atoms with Crippen LogP contribution in [0.25, 0.3) is 0 Å². The van der Waals surface area contributed by atoms with E-state index in [1.165, 1.54) is 16.9 Å². The van der Waals surface area contributed by atoms with Crippen molar-refractivity contribution in [2.24, 2.45) is 0 Å². The van der Waals surface area contributed by atoms with E-state index in [0.717, 1.165) is 18.2 Å². The van der Waals surface area contributed by atoms with Crippen molar-refractivity contribution in [3.63, 3.8) is 0 Å². The van der Waals surface area contributed by atoms with Crippen LogP contribution in [0, 0.1) is 15.9 Å². The summed E-state index contributed by atoms with van der Waals surface area (Å²) in [4.78, 5) is 22.9. The number of ether oxygens (including phenoxy) is 1. The molecule has 0 aliphatic heterocycles. The van der Waals surface area contributed by atoms with Gasteiger partial charge < -0.3 is 10.1 Å². The maximum atomic E-state index is 13.4. The number of amides is 1. The predicted molar refractivity (Wildman–Crippen MR) is 122 cm³/mol. The molecule has 0 radical (unpaired) electrons. The normalized spacial score (nSPS) is 10.8. The highest BCUT2D eigenvalue weighted by Crippen LogP contribution is 2.28. The van der Waals surface area contributed by atoms with Gasteiger partial charge in [0.05, 0.1) is 11.5 Å². The summed E-state index contributed by atoms with van der Waals surface area (Å²) in [5.41, 5.74) is 0.366. The van der Waals surface area contributed by atoms with Crippen molar-refractivity contribution in [2.75, 3.05) is 5.32 Å². The van der Waals surface area contributed by atoms with Gasteiger partial charge in [0.25, 0.3) is 5.91 Å². The van der Waals surface area contributed by atoms with Crippen molar-refractivity contribution in [3.05, 3.63) is 98.2 Å². The van der Waals surface area contributed by atoms with Crippen molar-refractivity contribution < 1.29 is 18.8 Å². The molecule has 4 rings (SSSR count). The number of carbonyl (C=O) groups is 1. The molecule has 0 aliphatic rings. The van der Waals surface area contributed by atoms with Crippen LogP contribution in [0.4, 0.5) is 15.9 Å². The number of anilines is 1. The van der Waals surface area contributed by atoms with Crippen LogP contribution in [0.2, 0.25) is 10.0 Å². The molecule has 0 bridgehead atoms. The number of carbonyl (C=O) groups excluding carboxylic acids is 1. The van der Waals surface area contributed by atoms with Crippen molar-refractivity contribution in [1.82, 2.24) is 19.6 Å². The fraction of sp³-hybridized carbons (Fsp3) is 0.0952. The third kappa shape index (κ3) is 5.33. The minimum Gasteiger partial charge on any atom is -0.464 e. The number of nitrogens with zero attached hydrogens (tertiary/aromatic N) is 5. The Bertz CT molecular complexity index is 1350. The minimum atomic E-state index is -0.685. The van der Waals surface area contributed by atoms with Gasteiger partial charge in [-0.05, 0) is 24.3 Å². The van der Waals surface area contributed by atoms with Crippen molar-refractivity contribution in [3.8, 4) is 5.75 Å². The molecule has 13 heteroatoms. The zero-order valence-corrected chi connectivity index (χ0v) is 18.7. The first-order chi connectivity index (χ1) is 16.3. The van der Waals surface area contributed by atoms with Crippen LogP contribution in [0.15, 0.2) is 60.9 Å². The number of hydrogen-bond acceptors (Lipinski definition) is 6. The summed E-state index contributed by atoms with van der Waals surface area (Å²) in [5.74, 6) is -1.18. The average molecular weight is 505 g/mol. The molecule has 0 atom stereocenters. The molecule has 2 aromatic carbocycles. The molecule has 0 saturated carbocycles. The van der Waals surface area contributed by atoms with Gasteiger partial charge in [-0.2, -0.15) is 10.2 Å². The molecule has 174 valence electrons. The highest BCUT2D eigenvalue weighted by Gasteiger charge is 2.17. The van der Waals surface area contributed by atoms with Gasteiger partial charge >= 0.3 is 5.69 Å². The zero-order valence-electron chi connectivity index (χ0n) is 17.2. The SMILES string of the molecule is O=C(Nc1ccn(Cc2c(Cl)cccc2Cl)n1)c1ccn(COc2cc(F)ccc2[N+](=O)[O-])n1. The molecular weight excluding hydrogens is 490 g/mol. The first-order valence-electron chi connectivity index (χ1n) is 9.68. The predicted octanol–water partition coefficient (Wildman–Crippen LogP) is 4.77. The van der Waals surface area contributed by atoms with Crippen LogP contribution in [0.1, 0.15) is 16.1 Å². The molecule has 0 unspecified atom stereocenters. The van der Waals surface area contributed by atoms with E-state index in [4.69, 9.17) is 27.9 Å². The van der Waals surface area contributed by atoms with Crippen molar-refractivity contribution >= 4 is 40.6 Å². The lowest BCUT2D eigenvalue weighted by Gasteiger charge is -2.07. The van der Waals surface area contributed by atoms with Crippen molar-refractivity contribution in [2.45, 2.75) is 13.3 Å². The Balaban J connectivity index is 1.38. The average Bonchev–Trinajstić information content (AvgIpc) is 3.44. The molecule has 1 amide bonds. The number of hydrogen-bond donors (Lipinski definition) is 1. The van der Waals surface area contributed by atoms with Crippen LogP contribution in [-0.4, -0.2) is 30.4 Å². The standard InChI is InChI=1S/C21H15Cl2FN6O4/c22-15-2-1-3-16(23)14(15)11-28-9-7-20(27-28)25-21(31)17-6-8-29(26-17)12-34-19-10-13(24)4-5-18(19)30(32)33/h1-10H,11-12H2,(H,25,27,31). The van der Waals surface area contributed by atoms with Crippen LogP contribution in [0.3, 0.4) is 0 Å². The Morgan fingerprint density at radius 1 is 1.09 bits per heavy atom. The molecule has 2 heterocycles. The van der Waals surface area contributed by atoms with Crippen molar-refractivity contribution in [1.29, 1.82) is 0 Å². The Morgan fingerprint density at radius 3 is 2.56 bits per heavy atom. The first-order valence-corrected chi connectivity index (χ1v) is 10.4. The summed E-state index contributed by atoms with van der Waals surface area (Å²) >= 11 is 12.4. The second-order valence-corrected chi connectivity index (χ2v) is 7.75. The topological polar surface area (TPSA) is 117 Å². The molecule has 4 aromatic rings. The zero-order chi connectivity index (χ0) is 24.2. The van der Waals surface area contributed by atoms with Crippen LogP contribution in [-0.2, 0) is 13.3 Å². The fourth-order valence-corrected chi connectivity index (χ4v) is 3.50. The van der Waals surface area contributed by atoms with E-state index in [2.05, 4.69) is 15.5 Å². The van der Waals surface area contributed by atoms with Gasteiger partial charge in [0.1, 0.15) is 5.82 Å². The Morgan fingerprint density at radius 2 is 1.82 bits per heavy atom. The smallest absolute Gasteiger partial charge is 0.311 e. The van der Waals surface area contributed by atoms with Gasteiger partial charge in [-0.1, -0.05) is 29.3 Å². The summed E-state index contributed by atoms with van der Waals surface area (Å²) in [7, 11) is 0. The maximum absolute atomic E-state index is 13.4. The van der Waals surface area contributed by atoms with Crippen LogP contribution < -0.4 is 10.1 Å². The van der Waals surface area contributed by atoms with E-state index in [0.29, 0.717) is 22.2 Å². The van der Waals surface area contributed by atoms with E-state index in [1.54, 1.807) is 35.1 Å². The van der Waals surface area contributed by atoms with Crippen LogP contribution in [0.5, 0.6) is 5.75 Å². The largest absolute Gasteiger partial charge is 0.464 e. The summed E-state index contributed by atoms with van der Waals surface area (Å²) in [6, 6.07) is 11.1. The highest BCUT2D eigenvalue weighted by molar-refractivity contribution is 6.35. The van der Waals surface area contributed by atoms with Gasteiger partial charge in [-0.3, -0.25) is 19.6 Å². The van der Waals surface area contributed by atoms with Gasteiger partial charge in [0, 0.05) is 46.2 Å². The molecule has 0 aliphatic carbocycles. The molecular formula is C21H15Cl2FN6O4. The number of nitrogens with one attached hydrogen (secondary N) is 1. The third-order valence-corrected chi connectivity index (χ3v) is 5.32. The highest BCUT2D eigenvalue weighted by atomic mass is 35.5. The Hall–Kier alpha value is -3.96. The number of rotatable bonds is 8. The second-order valence-electron chi connectivity index (χ2n) is 6.94. The van der Waals surface area contributed by atoms with Gasteiger partial charge in [0.15, 0.2) is 18.2 Å². The third-order valence-electron chi connectivity index (χ3n) is 4.61. The summed E-state index contributed by atoms with van der Waals surface area (Å²) in [5, 5.41) is 23.0. The molecule has 1 N–H and O–H groups in total.